The van der Waals surface area contributed by atoms with Crippen molar-refractivity contribution < 1.29 is 9.21 Å². The van der Waals surface area contributed by atoms with Crippen LogP contribution in [0.4, 0.5) is 5.95 Å². The second-order valence-corrected chi connectivity index (χ2v) is 5.41. The first-order valence-corrected chi connectivity index (χ1v) is 7.42. The van der Waals surface area contributed by atoms with E-state index < -0.39 is 17.2 Å². The van der Waals surface area contributed by atoms with E-state index in [-0.39, 0.29) is 18.1 Å². The van der Waals surface area contributed by atoms with Crippen molar-refractivity contribution in [3.63, 3.8) is 0 Å². The predicted molar refractivity (Wildman–Crippen MR) is 88.6 cm³/mol. The van der Waals surface area contributed by atoms with Gasteiger partial charge in [-0.05, 0) is 32.0 Å². The lowest BCUT2D eigenvalue weighted by Crippen LogP contribution is -2.39. The van der Waals surface area contributed by atoms with Crippen LogP contribution in [0.1, 0.15) is 27.5 Å². The quantitative estimate of drug-likeness (QED) is 0.725. The molecule has 0 aromatic carbocycles. The van der Waals surface area contributed by atoms with Crippen LogP contribution in [0.15, 0.2) is 44.7 Å². The summed E-state index contributed by atoms with van der Waals surface area (Å²) in [7, 11) is 0. The van der Waals surface area contributed by atoms with E-state index in [4.69, 9.17) is 4.42 Å². The Balaban J connectivity index is 1.93. The van der Waals surface area contributed by atoms with E-state index in [0.29, 0.717) is 17.1 Å². The largest absolute Gasteiger partial charge is 0.467 e. The molecule has 128 valence electrons. The van der Waals surface area contributed by atoms with Crippen molar-refractivity contribution in [1.82, 2.24) is 19.5 Å². The third-order valence-electron chi connectivity index (χ3n) is 3.41. The fourth-order valence-corrected chi connectivity index (χ4v) is 2.33. The molecule has 0 atom stereocenters. The summed E-state index contributed by atoms with van der Waals surface area (Å²) in [5.74, 6) is -0.201. The smallest absolute Gasteiger partial charge is 0.328 e. The molecule has 9 nitrogen and oxygen atoms in total. The lowest BCUT2D eigenvalue weighted by Gasteiger charge is -2.07. The average molecular weight is 341 g/mol. The molecule has 3 rings (SSSR count). The van der Waals surface area contributed by atoms with Crippen molar-refractivity contribution in [2.75, 3.05) is 5.32 Å². The summed E-state index contributed by atoms with van der Waals surface area (Å²) in [6.45, 7) is 3.45. The molecule has 0 aliphatic rings. The highest BCUT2D eigenvalue weighted by Gasteiger charge is 2.17. The van der Waals surface area contributed by atoms with Gasteiger partial charge in [-0.15, -0.1) is 0 Å². The number of furan rings is 1. The van der Waals surface area contributed by atoms with E-state index in [2.05, 4.69) is 20.3 Å². The Labute approximate surface area is 141 Å². The summed E-state index contributed by atoms with van der Waals surface area (Å²) in [5.41, 5.74) is -0.240. The Morgan fingerprint density at radius 2 is 2.00 bits per heavy atom. The molecule has 0 unspecified atom stereocenters. The van der Waals surface area contributed by atoms with Gasteiger partial charge in [-0.25, -0.2) is 14.8 Å². The molecule has 2 N–H and O–H groups in total. The number of nitrogens with one attached hydrogen (secondary N) is 2. The van der Waals surface area contributed by atoms with E-state index in [1.54, 1.807) is 32.0 Å². The fraction of sp³-hybridized carbons (Fsp3) is 0.188. The third kappa shape index (κ3) is 3.55. The first-order chi connectivity index (χ1) is 11.9. The van der Waals surface area contributed by atoms with Gasteiger partial charge in [0, 0.05) is 17.6 Å². The van der Waals surface area contributed by atoms with Gasteiger partial charge in [0.2, 0.25) is 5.95 Å². The molecular formula is C16H15N5O4. The summed E-state index contributed by atoms with van der Waals surface area (Å²) in [5, 5.41) is 2.47. The molecule has 0 spiro atoms. The standard InChI is InChI=1S/C16H15N5O4/c1-9-6-10(2)19-15(18-9)20-13(22)12-7-17-16(24)21(14(12)23)8-11-4-3-5-25-11/h3-7H,8H2,1-2H3,(H,17,24)(H,18,19,20,22). The minimum absolute atomic E-state index is 0.0810. The number of aromatic amines is 1. The zero-order valence-electron chi connectivity index (χ0n) is 13.6. The molecule has 3 aromatic rings. The second-order valence-electron chi connectivity index (χ2n) is 5.41. The van der Waals surface area contributed by atoms with Crippen LogP contribution in [0.3, 0.4) is 0 Å². The van der Waals surface area contributed by atoms with Gasteiger partial charge >= 0.3 is 5.69 Å². The summed E-state index contributed by atoms with van der Waals surface area (Å²) >= 11 is 0. The molecule has 0 radical (unpaired) electrons. The monoisotopic (exact) mass is 341 g/mol. The molecule has 9 heteroatoms. The molecule has 0 saturated carbocycles. The minimum atomic E-state index is -0.734. The van der Waals surface area contributed by atoms with Gasteiger partial charge < -0.3 is 9.40 Å². The van der Waals surface area contributed by atoms with Crippen molar-refractivity contribution in [3.8, 4) is 0 Å². The lowest BCUT2D eigenvalue weighted by molar-refractivity contribution is 0.102. The van der Waals surface area contributed by atoms with Crippen LogP contribution in [0, 0.1) is 13.8 Å². The maximum atomic E-state index is 12.5. The van der Waals surface area contributed by atoms with Crippen molar-refractivity contribution in [1.29, 1.82) is 0 Å². The average Bonchev–Trinajstić information content (AvgIpc) is 3.03. The van der Waals surface area contributed by atoms with Crippen LogP contribution >= 0.6 is 0 Å². The van der Waals surface area contributed by atoms with Gasteiger partial charge in [-0.3, -0.25) is 19.5 Å². The van der Waals surface area contributed by atoms with Crippen molar-refractivity contribution in [3.05, 3.63) is 74.2 Å². The Morgan fingerprint density at radius 1 is 1.28 bits per heavy atom. The van der Waals surface area contributed by atoms with E-state index in [1.807, 2.05) is 0 Å². The molecule has 0 fully saturated rings. The molecule has 25 heavy (non-hydrogen) atoms. The second kappa shape index (κ2) is 6.56. The number of aryl methyl sites for hydroxylation is 2. The van der Waals surface area contributed by atoms with Crippen LogP contribution in [0.5, 0.6) is 0 Å². The number of carbonyl (C=O) groups excluding carboxylic acids is 1. The fourth-order valence-electron chi connectivity index (χ4n) is 2.33. The minimum Gasteiger partial charge on any atom is -0.467 e. The maximum absolute atomic E-state index is 12.5. The Morgan fingerprint density at radius 3 is 2.64 bits per heavy atom. The number of H-pyrrole nitrogens is 1. The Bertz CT molecular complexity index is 1010. The third-order valence-corrected chi connectivity index (χ3v) is 3.41. The summed E-state index contributed by atoms with van der Waals surface area (Å²) in [6, 6.07) is 5.02. The number of anilines is 1. The molecule has 3 heterocycles. The lowest BCUT2D eigenvalue weighted by atomic mass is 10.3. The van der Waals surface area contributed by atoms with Crippen LogP contribution < -0.4 is 16.6 Å². The molecule has 1 amide bonds. The van der Waals surface area contributed by atoms with Crippen LogP contribution in [-0.4, -0.2) is 25.4 Å². The number of rotatable bonds is 4. The summed E-state index contributed by atoms with van der Waals surface area (Å²) in [6.07, 6.45) is 2.50. The number of carbonyl (C=O) groups is 1. The van der Waals surface area contributed by atoms with Crippen molar-refractivity contribution in [2.45, 2.75) is 20.4 Å². The molecular weight excluding hydrogens is 326 g/mol. The highest BCUT2D eigenvalue weighted by atomic mass is 16.3. The molecule has 0 bridgehead atoms. The SMILES string of the molecule is Cc1cc(C)nc(NC(=O)c2c[nH]c(=O)n(Cc3ccco3)c2=O)n1. The predicted octanol–water partition coefficient (Wildman–Crippen LogP) is 0.837. The number of amides is 1. The number of hydrogen-bond donors (Lipinski definition) is 2. The van der Waals surface area contributed by atoms with Gasteiger partial charge in [0.25, 0.3) is 11.5 Å². The highest BCUT2D eigenvalue weighted by molar-refractivity contribution is 6.02. The van der Waals surface area contributed by atoms with Gasteiger partial charge in [-0.2, -0.15) is 0 Å². The van der Waals surface area contributed by atoms with E-state index in [9.17, 15) is 14.4 Å². The number of nitrogens with zero attached hydrogens (tertiary/aromatic N) is 3. The van der Waals surface area contributed by atoms with Crippen LogP contribution in [0.25, 0.3) is 0 Å². The Hall–Kier alpha value is -3.49. The van der Waals surface area contributed by atoms with E-state index in [1.165, 1.54) is 6.26 Å². The van der Waals surface area contributed by atoms with Crippen LogP contribution in [0.2, 0.25) is 0 Å². The molecule has 3 aromatic heterocycles. The molecule has 0 aliphatic carbocycles. The van der Waals surface area contributed by atoms with Gasteiger partial charge in [0.05, 0.1) is 12.8 Å². The zero-order valence-corrected chi connectivity index (χ0v) is 13.6. The summed E-state index contributed by atoms with van der Waals surface area (Å²) < 4.78 is 6.02. The van der Waals surface area contributed by atoms with E-state index in [0.717, 1.165) is 10.8 Å². The molecule has 0 aliphatic heterocycles. The van der Waals surface area contributed by atoms with Gasteiger partial charge in [0.15, 0.2) is 0 Å². The summed E-state index contributed by atoms with van der Waals surface area (Å²) in [4.78, 5) is 47.3. The van der Waals surface area contributed by atoms with Crippen molar-refractivity contribution in [2.24, 2.45) is 0 Å². The maximum Gasteiger partial charge on any atom is 0.328 e. The number of aromatic nitrogens is 4. The topological polar surface area (TPSA) is 123 Å². The normalized spacial score (nSPS) is 10.6. The highest BCUT2D eigenvalue weighted by Crippen LogP contribution is 2.05. The van der Waals surface area contributed by atoms with Crippen molar-refractivity contribution >= 4 is 11.9 Å². The first kappa shape index (κ1) is 16.4. The van der Waals surface area contributed by atoms with Gasteiger partial charge in [-0.1, -0.05) is 0 Å². The van der Waals surface area contributed by atoms with Crippen LogP contribution in [-0.2, 0) is 6.54 Å². The first-order valence-electron chi connectivity index (χ1n) is 7.42. The van der Waals surface area contributed by atoms with E-state index >= 15 is 0 Å². The molecule has 0 saturated heterocycles. The number of hydrogen-bond acceptors (Lipinski definition) is 6. The Kier molecular flexibility index (Phi) is 4.29. The van der Waals surface area contributed by atoms with Gasteiger partial charge in [0.1, 0.15) is 11.3 Å². The zero-order chi connectivity index (χ0) is 18.0.